The standard InChI is InChI=1S/C18H19FN6O4S/c1-10(16-13(19)5-11(6-20)8-22-16)23-15(26)9-25-18(27)24-14-4-2-3-12(7-21)17(14)30(25,28)29/h2-4,10-11,13,16,22H,5,8-9H2,1H3,(H,23,26)(H,24,27)/t10-,11?,13?,16?/m1/s1. The van der Waals surface area contributed by atoms with Crippen molar-refractivity contribution in [1.29, 1.82) is 10.5 Å². The first-order valence-corrected chi connectivity index (χ1v) is 10.6. The number of nitriles is 2. The monoisotopic (exact) mass is 434 g/mol. The van der Waals surface area contributed by atoms with Crippen LogP contribution in [0.2, 0.25) is 0 Å². The number of piperidine rings is 1. The molecule has 2 heterocycles. The van der Waals surface area contributed by atoms with Crippen LogP contribution in [0.4, 0.5) is 14.9 Å². The van der Waals surface area contributed by atoms with Gasteiger partial charge in [-0.25, -0.2) is 21.9 Å². The van der Waals surface area contributed by atoms with Crippen molar-refractivity contribution in [1.82, 2.24) is 14.9 Å². The lowest BCUT2D eigenvalue weighted by Gasteiger charge is -2.35. The number of carbonyl (C=O) groups excluding carboxylic acids is 2. The molecule has 0 radical (unpaired) electrons. The summed E-state index contributed by atoms with van der Waals surface area (Å²) in [6, 6.07) is 5.31. The lowest BCUT2D eigenvalue weighted by molar-refractivity contribution is -0.121. The van der Waals surface area contributed by atoms with E-state index in [1.165, 1.54) is 18.2 Å². The van der Waals surface area contributed by atoms with Gasteiger partial charge in [0.15, 0.2) is 0 Å². The molecular weight excluding hydrogens is 415 g/mol. The zero-order valence-corrected chi connectivity index (χ0v) is 16.7. The quantitative estimate of drug-likeness (QED) is 0.621. The van der Waals surface area contributed by atoms with E-state index in [2.05, 4.69) is 16.0 Å². The number of anilines is 1. The van der Waals surface area contributed by atoms with Gasteiger partial charge in [0.2, 0.25) is 5.91 Å². The van der Waals surface area contributed by atoms with Crippen LogP contribution >= 0.6 is 0 Å². The summed E-state index contributed by atoms with van der Waals surface area (Å²) in [6.07, 6.45) is -1.34. The van der Waals surface area contributed by atoms with E-state index in [9.17, 15) is 27.7 Å². The van der Waals surface area contributed by atoms with Crippen molar-refractivity contribution in [2.24, 2.45) is 5.92 Å². The van der Waals surface area contributed by atoms with Crippen LogP contribution in [0.15, 0.2) is 23.1 Å². The summed E-state index contributed by atoms with van der Waals surface area (Å²) in [5.41, 5.74) is -0.201. The van der Waals surface area contributed by atoms with Crippen molar-refractivity contribution >= 4 is 27.6 Å². The number of halogens is 1. The molecule has 12 heteroatoms. The maximum absolute atomic E-state index is 14.3. The average molecular weight is 434 g/mol. The van der Waals surface area contributed by atoms with Crippen LogP contribution in [-0.4, -0.2) is 56.0 Å². The normalized spacial score (nSPS) is 25.8. The second kappa shape index (κ2) is 8.26. The Morgan fingerprint density at radius 1 is 1.43 bits per heavy atom. The molecule has 1 aromatic rings. The molecular formula is C18H19FN6O4S. The number of sulfonamides is 1. The highest BCUT2D eigenvalue weighted by Gasteiger charge is 2.40. The van der Waals surface area contributed by atoms with Gasteiger partial charge >= 0.3 is 6.03 Å². The van der Waals surface area contributed by atoms with Crippen LogP contribution < -0.4 is 16.0 Å². The Morgan fingerprint density at radius 3 is 2.80 bits per heavy atom. The first kappa shape index (κ1) is 21.5. The largest absolute Gasteiger partial charge is 0.350 e. The Balaban J connectivity index is 1.73. The molecule has 0 saturated carbocycles. The number of nitrogens with one attached hydrogen (secondary N) is 3. The highest BCUT2D eigenvalue weighted by atomic mass is 32.2. The van der Waals surface area contributed by atoms with E-state index in [1.54, 1.807) is 13.0 Å². The van der Waals surface area contributed by atoms with Gasteiger partial charge in [0.1, 0.15) is 23.7 Å². The average Bonchev–Trinajstić information content (AvgIpc) is 2.70. The zero-order chi connectivity index (χ0) is 22.1. The molecule has 0 aliphatic carbocycles. The summed E-state index contributed by atoms with van der Waals surface area (Å²) in [6.45, 7) is 0.989. The molecule has 1 saturated heterocycles. The maximum atomic E-state index is 14.3. The molecule has 158 valence electrons. The van der Waals surface area contributed by atoms with Crippen LogP contribution in [0.3, 0.4) is 0 Å². The molecule has 2 aliphatic rings. The minimum absolute atomic E-state index is 0.0327. The fourth-order valence-electron chi connectivity index (χ4n) is 3.57. The topological polar surface area (TPSA) is 155 Å². The Bertz CT molecular complexity index is 1060. The van der Waals surface area contributed by atoms with Crippen molar-refractivity contribution in [3.8, 4) is 12.1 Å². The van der Waals surface area contributed by atoms with Crippen molar-refractivity contribution in [2.45, 2.75) is 36.5 Å². The van der Waals surface area contributed by atoms with Crippen LogP contribution in [0, 0.1) is 28.6 Å². The Morgan fingerprint density at radius 2 is 2.17 bits per heavy atom. The third kappa shape index (κ3) is 3.92. The second-order valence-electron chi connectivity index (χ2n) is 7.10. The molecule has 10 nitrogen and oxygen atoms in total. The van der Waals surface area contributed by atoms with Crippen molar-refractivity contribution in [2.75, 3.05) is 18.4 Å². The minimum Gasteiger partial charge on any atom is -0.350 e. The summed E-state index contributed by atoms with van der Waals surface area (Å²) in [5, 5.41) is 25.8. The van der Waals surface area contributed by atoms with Gasteiger partial charge in [-0.15, -0.1) is 0 Å². The molecule has 0 bridgehead atoms. The van der Waals surface area contributed by atoms with E-state index < -0.39 is 52.7 Å². The summed E-state index contributed by atoms with van der Waals surface area (Å²) in [5.74, 6) is -1.27. The molecule has 3 N–H and O–H groups in total. The van der Waals surface area contributed by atoms with E-state index in [-0.39, 0.29) is 29.1 Å². The molecule has 0 aromatic heterocycles. The number of urea groups is 1. The summed E-state index contributed by atoms with van der Waals surface area (Å²) < 4.78 is 40.4. The van der Waals surface area contributed by atoms with E-state index >= 15 is 0 Å². The van der Waals surface area contributed by atoms with Crippen molar-refractivity contribution in [3.63, 3.8) is 0 Å². The molecule has 3 unspecified atom stereocenters. The smallest absolute Gasteiger partial charge is 0.336 e. The fourth-order valence-corrected chi connectivity index (χ4v) is 5.13. The third-order valence-electron chi connectivity index (χ3n) is 5.05. The molecule has 30 heavy (non-hydrogen) atoms. The predicted octanol–water partition coefficient (Wildman–Crippen LogP) is 0.439. The molecule has 4 atom stereocenters. The highest BCUT2D eigenvalue weighted by Crippen LogP contribution is 2.32. The molecule has 3 rings (SSSR count). The highest BCUT2D eigenvalue weighted by molar-refractivity contribution is 7.90. The van der Waals surface area contributed by atoms with Crippen LogP contribution in [0.25, 0.3) is 0 Å². The third-order valence-corrected chi connectivity index (χ3v) is 6.88. The first-order valence-electron chi connectivity index (χ1n) is 9.12. The molecule has 3 amide bonds. The van der Waals surface area contributed by atoms with Crippen LogP contribution in [0.1, 0.15) is 18.9 Å². The Kier molecular flexibility index (Phi) is 5.92. The number of carbonyl (C=O) groups is 2. The Labute approximate surface area is 172 Å². The van der Waals surface area contributed by atoms with Gasteiger partial charge in [-0.05, 0) is 25.5 Å². The van der Waals surface area contributed by atoms with Crippen LogP contribution in [0.5, 0.6) is 0 Å². The van der Waals surface area contributed by atoms with Crippen LogP contribution in [-0.2, 0) is 14.8 Å². The van der Waals surface area contributed by atoms with Gasteiger partial charge in [0.05, 0.1) is 29.3 Å². The van der Waals surface area contributed by atoms with Gasteiger partial charge in [0, 0.05) is 12.6 Å². The first-order chi connectivity index (χ1) is 14.2. The number of hydrogen-bond acceptors (Lipinski definition) is 7. The van der Waals surface area contributed by atoms with E-state index in [4.69, 9.17) is 5.26 Å². The zero-order valence-electron chi connectivity index (χ0n) is 15.9. The molecule has 2 aliphatic heterocycles. The van der Waals surface area contributed by atoms with Gasteiger partial charge < -0.3 is 16.0 Å². The van der Waals surface area contributed by atoms with E-state index in [0.717, 1.165) is 0 Å². The minimum atomic E-state index is -4.44. The molecule has 1 fully saturated rings. The number of fused-ring (bicyclic) bond motifs is 1. The molecule has 0 spiro atoms. The van der Waals surface area contributed by atoms with E-state index in [0.29, 0.717) is 4.31 Å². The number of benzene rings is 1. The van der Waals surface area contributed by atoms with Gasteiger partial charge in [0.25, 0.3) is 10.0 Å². The number of alkyl halides is 1. The Hall–Kier alpha value is -3.22. The second-order valence-corrected chi connectivity index (χ2v) is 8.90. The fraction of sp³-hybridized carbons (Fsp3) is 0.444. The number of rotatable bonds is 4. The van der Waals surface area contributed by atoms with E-state index in [1.807, 2.05) is 6.07 Å². The predicted molar refractivity (Wildman–Crippen MR) is 102 cm³/mol. The number of nitrogens with zero attached hydrogens (tertiary/aromatic N) is 3. The van der Waals surface area contributed by atoms with Gasteiger partial charge in [-0.1, -0.05) is 6.07 Å². The number of amides is 3. The number of hydrogen-bond donors (Lipinski definition) is 3. The van der Waals surface area contributed by atoms with Gasteiger partial charge in [-0.2, -0.15) is 10.5 Å². The summed E-state index contributed by atoms with van der Waals surface area (Å²) in [7, 11) is -4.44. The van der Waals surface area contributed by atoms with Crippen molar-refractivity contribution < 1.29 is 22.4 Å². The maximum Gasteiger partial charge on any atom is 0.336 e. The van der Waals surface area contributed by atoms with Gasteiger partial charge in [-0.3, -0.25) is 4.79 Å². The summed E-state index contributed by atoms with van der Waals surface area (Å²) in [4.78, 5) is 24.3. The SMILES string of the molecule is C[C@@H](NC(=O)CN1C(=O)Nc2cccc(C#N)c2S1(=O)=O)C1NCC(C#N)CC1F. The lowest BCUT2D eigenvalue weighted by atomic mass is 9.90. The molecule has 1 aromatic carbocycles. The summed E-state index contributed by atoms with van der Waals surface area (Å²) >= 11 is 0. The van der Waals surface area contributed by atoms with Crippen molar-refractivity contribution in [3.05, 3.63) is 23.8 Å². The lowest BCUT2D eigenvalue weighted by Crippen LogP contribution is -2.58.